The van der Waals surface area contributed by atoms with E-state index in [4.69, 9.17) is 14.2 Å². The van der Waals surface area contributed by atoms with Crippen molar-refractivity contribution in [1.82, 2.24) is 0 Å². The average molecular weight is 905 g/mol. The minimum absolute atomic E-state index is 0.101. The van der Waals surface area contributed by atoms with Crippen molar-refractivity contribution in [3.8, 4) is 0 Å². The highest BCUT2D eigenvalue weighted by atomic mass is 16.6. The van der Waals surface area contributed by atoms with Crippen molar-refractivity contribution in [3.05, 3.63) is 85.1 Å². The van der Waals surface area contributed by atoms with Crippen molar-refractivity contribution >= 4 is 17.9 Å². The molecule has 0 aliphatic carbocycles. The number of hydrogen-bond donors (Lipinski definition) is 0. The summed E-state index contributed by atoms with van der Waals surface area (Å²) in [5, 5.41) is 0. The summed E-state index contributed by atoms with van der Waals surface area (Å²) >= 11 is 0. The van der Waals surface area contributed by atoms with Crippen molar-refractivity contribution in [1.29, 1.82) is 0 Å². The van der Waals surface area contributed by atoms with Crippen LogP contribution in [0.15, 0.2) is 85.1 Å². The van der Waals surface area contributed by atoms with Crippen LogP contribution in [0.5, 0.6) is 0 Å². The molecular formula is C59H100O6. The molecule has 6 nitrogen and oxygen atoms in total. The molecule has 0 saturated carbocycles. The second-order valence-electron chi connectivity index (χ2n) is 17.8. The van der Waals surface area contributed by atoms with Gasteiger partial charge in [-0.2, -0.15) is 0 Å². The summed E-state index contributed by atoms with van der Waals surface area (Å²) in [5.74, 6) is -0.980. The number of ether oxygens (including phenoxy) is 3. The van der Waals surface area contributed by atoms with Crippen molar-refractivity contribution < 1.29 is 28.6 Å². The predicted molar refractivity (Wildman–Crippen MR) is 279 cm³/mol. The highest BCUT2D eigenvalue weighted by molar-refractivity contribution is 5.71. The second kappa shape index (κ2) is 53.2. The molecular weight excluding hydrogens is 805 g/mol. The van der Waals surface area contributed by atoms with Crippen LogP contribution in [0.4, 0.5) is 0 Å². The fraction of sp³-hybridized carbons (Fsp3) is 0.712. The number of carbonyl (C=O) groups excluding carboxylic acids is 3. The van der Waals surface area contributed by atoms with Crippen LogP contribution in [0.3, 0.4) is 0 Å². The molecule has 6 heteroatoms. The molecule has 0 saturated heterocycles. The molecule has 0 rings (SSSR count). The molecule has 0 unspecified atom stereocenters. The molecule has 372 valence electrons. The average Bonchev–Trinajstić information content (AvgIpc) is 3.30. The Labute approximate surface area is 401 Å². The molecule has 0 spiro atoms. The van der Waals surface area contributed by atoms with Crippen LogP contribution >= 0.6 is 0 Å². The molecule has 0 amide bonds. The number of esters is 3. The van der Waals surface area contributed by atoms with Crippen LogP contribution < -0.4 is 0 Å². The number of hydrogen-bond acceptors (Lipinski definition) is 6. The standard InChI is InChI=1S/C59H100O6/c1-4-7-10-13-16-19-22-25-27-29-31-34-37-40-43-46-49-52-58(61)64-55-56(54-63-57(60)51-48-45-42-39-36-33-24-21-18-15-12-9-6-3)65-59(62)53-50-47-44-41-38-35-32-30-28-26-23-20-17-14-11-8-5-2/h16-17,19-20,25-28,31-32,34-35,40,43,56H,4-15,18,21-24,29-30,33,36-39,41-42,44-55H2,1-3H3/b19-16+,20-17+,27-25+,28-26+,34-31+,35-32+,43-40+/t56-/m1/s1. The Hall–Kier alpha value is -3.41. The van der Waals surface area contributed by atoms with Gasteiger partial charge in [-0.1, -0.05) is 221 Å². The Kier molecular flexibility index (Phi) is 50.4. The minimum Gasteiger partial charge on any atom is -0.462 e. The van der Waals surface area contributed by atoms with Gasteiger partial charge in [0.05, 0.1) is 0 Å². The monoisotopic (exact) mass is 905 g/mol. The minimum atomic E-state index is -0.809. The molecule has 0 heterocycles. The van der Waals surface area contributed by atoms with Crippen molar-refractivity contribution in [2.24, 2.45) is 0 Å². The van der Waals surface area contributed by atoms with E-state index in [1.54, 1.807) is 0 Å². The third-order valence-electron chi connectivity index (χ3n) is 11.4. The summed E-state index contributed by atoms with van der Waals surface area (Å²) in [7, 11) is 0. The number of allylic oxidation sites excluding steroid dienone is 14. The van der Waals surface area contributed by atoms with Gasteiger partial charge in [-0.3, -0.25) is 14.4 Å². The van der Waals surface area contributed by atoms with Crippen LogP contribution in [-0.2, 0) is 28.6 Å². The van der Waals surface area contributed by atoms with E-state index in [2.05, 4.69) is 106 Å². The van der Waals surface area contributed by atoms with Crippen LogP contribution in [0.2, 0.25) is 0 Å². The lowest BCUT2D eigenvalue weighted by Crippen LogP contribution is -2.30. The highest BCUT2D eigenvalue weighted by Gasteiger charge is 2.19. The van der Waals surface area contributed by atoms with Gasteiger partial charge < -0.3 is 14.2 Å². The van der Waals surface area contributed by atoms with Gasteiger partial charge in [0.15, 0.2) is 6.10 Å². The summed E-state index contributed by atoms with van der Waals surface area (Å²) in [6.07, 6.45) is 68.5. The fourth-order valence-electron chi connectivity index (χ4n) is 7.26. The molecule has 0 aliphatic rings. The first-order valence-corrected chi connectivity index (χ1v) is 27.1. The molecule has 0 aromatic carbocycles. The van der Waals surface area contributed by atoms with Gasteiger partial charge in [-0.15, -0.1) is 0 Å². The van der Waals surface area contributed by atoms with Gasteiger partial charge in [0.2, 0.25) is 0 Å². The smallest absolute Gasteiger partial charge is 0.306 e. The van der Waals surface area contributed by atoms with Crippen LogP contribution in [0.25, 0.3) is 0 Å². The first-order chi connectivity index (χ1) is 32.0. The summed E-state index contributed by atoms with van der Waals surface area (Å²) in [4.78, 5) is 38.0. The van der Waals surface area contributed by atoms with Crippen molar-refractivity contribution in [2.75, 3.05) is 13.2 Å². The van der Waals surface area contributed by atoms with E-state index in [1.165, 1.54) is 116 Å². The molecule has 0 fully saturated rings. The molecule has 0 bridgehead atoms. The Balaban J connectivity index is 4.51. The lowest BCUT2D eigenvalue weighted by molar-refractivity contribution is -0.167. The topological polar surface area (TPSA) is 78.9 Å². The Morgan fingerprint density at radius 1 is 0.308 bits per heavy atom. The quantitative estimate of drug-likeness (QED) is 0.0262. The zero-order valence-electron chi connectivity index (χ0n) is 42.5. The Morgan fingerprint density at radius 3 is 0.954 bits per heavy atom. The van der Waals surface area contributed by atoms with Crippen LogP contribution in [0, 0.1) is 0 Å². The van der Waals surface area contributed by atoms with Crippen molar-refractivity contribution in [2.45, 2.75) is 258 Å². The zero-order valence-corrected chi connectivity index (χ0v) is 42.5. The van der Waals surface area contributed by atoms with E-state index < -0.39 is 6.10 Å². The first-order valence-electron chi connectivity index (χ1n) is 27.1. The third-order valence-corrected chi connectivity index (χ3v) is 11.4. The van der Waals surface area contributed by atoms with Gasteiger partial charge in [0, 0.05) is 19.3 Å². The van der Waals surface area contributed by atoms with Gasteiger partial charge in [0.25, 0.3) is 0 Å². The Bertz CT molecular complexity index is 1270. The van der Waals surface area contributed by atoms with E-state index in [1.807, 2.05) is 0 Å². The van der Waals surface area contributed by atoms with Crippen LogP contribution in [0.1, 0.15) is 252 Å². The molecule has 0 radical (unpaired) electrons. The van der Waals surface area contributed by atoms with E-state index in [0.29, 0.717) is 19.3 Å². The fourth-order valence-corrected chi connectivity index (χ4v) is 7.26. The molecule has 0 N–H and O–H groups in total. The van der Waals surface area contributed by atoms with Gasteiger partial charge in [0.1, 0.15) is 13.2 Å². The summed E-state index contributed by atoms with van der Waals surface area (Å²) in [6.45, 7) is 6.52. The lowest BCUT2D eigenvalue weighted by atomic mass is 10.0. The normalized spacial score (nSPS) is 12.7. The number of rotatable bonds is 48. The number of unbranched alkanes of at least 4 members (excludes halogenated alkanes) is 23. The van der Waals surface area contributed by atoms with Crippen molar-refractivity contribution in [3.63, 3.8) is 0 Å². The summed E-state index contributed by atoms with van der Waals surface area (Å²) in [6, 6.07) is 0. The second-order valence-corrected chi connectivity index (χ2v) is 17.8. The van der Waals surface area contributed by atoms with Crippen LogP contribution in [-0.4, -0.2) is 37.2 Å². The maximum atomic E-state index is 12.8. The summed E-state index contributed by atoms with van der Waals surface area (Å²) in [5.41, 5.74) is 0. The summed E-state index contributed by atoms with van der Waals surface area (Å²) < 4.78 is 16.8. The molecule has 0 aliphatic heterocycles. The van der Waals surface area contributed by atoms with Gasteiger partial charge in [-0.25, -0.2) is 0 Å². The third kappa shape index (κ3) is 51.4. The first kappa shape index (κ1) is 61.6. The van der Waals surface area contributed by atoms with Gasteiger partial charge in [-0.05, 0) is 96.3 Å². The number of carbonyl (C=O) groups is 3. The van der Waals surface area contributed by atoms with E-state index in [9.17, 15) is 14.4 Å². The molecule has 1 atom stereocenters. The predicted octanol–water partition coefficient (Wildman–Crippen LogP) is 18.0. The molecule has 0 aromatic heterocycles. The zero-order chi connectivity index (χ0) is 47.2. The Morgan fingerprint density at radius 2 is 0.569 bits per heavy atom. The molecule has 65 heavy (non-hydrogen) atoms. The SMILES string of the molecule is CCCCC/C=C/C/C=C/C/C=C/C/C=C/CCCC(=O)OC[C@@H](COC(=O)CCCCCCCCCCCCCCC)OC(=O)CCCCCC/C=C/C/C=C/C/C=C/CCCCC. The molecule has 0 aromatic rings. The maximum absolute atomic E-state index is 12.8. The van der Waals surface area contributed by atoms with E-state index in [-0.39, 0.29) is 37.5 Å². The van der Waals surface area contributed by atoms with E-state index >= 15 is 0 Å². The van der Waals surface area contributed by atoms with E-state index in [0.717, 1.165) is 89.9 Å². The van der Waals surface area contributed by atoms with Gasteiger partial charge >= 0.3 is 17.9 Å². The highest BCUT2D eigenvalue weighted by Crippen LogP contribution is 2.14. The lowest BCUT2D eigenvalue weighted by Gasteiger charge is -2.18. The maximum Gasteiger partial charge on any atom is 0.306 e. The largest absolute Gasteiger partial charge is 0.462 e.